The van der Waals surface area contributed by atoms with Gasteiger partial charge >= 0.3 is 0 Å². The van der Waals surface area contributed by atoms with Gasteiger partial charge in [0.1, 0.15) is 5.69 Å². The van der Waals surface area contributed by atoms with Crippen LogP contribution in [0.3, 0.4) is 0 Å². The van der Waals surface area contributed by atoms with Gasteiger partial charge in [-0.15, -0.1) is 0 Å². The van der Waals surface area contributed by atoms with Crippen LogP contribution in [0.4, 0.5) is 5.69 Å². The highest BCUT2D eigenvalue weighted by molar-refractivity contribution is 6.99. The Bertz CT molecular complexity index is 1350. The lowest BCUT2D eigenvalue weighted by Crippen LogP contribution is -2.69. The molecule has 2 heterocycles. The maximum absolute atomic E-state index is 7.62. The molecule has 1 unspecified atom stereocenters. The summed E-state index contributed by atoms with van der Waals surface area (Å²) in [4.78, 5) is 9.29. The normalized spacial score (nSPS) is 23.1. The number of benzene rings is 2. The number of hydrogen-bond acceptors (Lipinski definition) is 8. The molecule has 0 amide bonds. The molecule has 5 rings (SSSR count). The largest absolute Gasteiger partial charge is 0.480 e. The molecule has 6 N–H and O–H groups in total. The first-order valence-corrected chi connectivity index (χ1v) is 16.3. The molecule has 0 saturated heterocycles. The van der Waals surface area contributed by atoms with E-state index in [0.29, 0.717) is 23.2 Å². The molecule has 216 valence electrons. The number of aliphatic imine (C=N–C) groups is 1. The van der Waals surface area contributed by atoms with E-state index in [4.69, 9.17) is 25.6 Å². The molecule has 0 spiro atoms. The van der Waals surface area contributed by atoms with Crippen molar-refractivity contribution < 1.29 is 9.16 Å². The van der Waals surface area contributed by atoms with Crippen LogP contribution in [0.2, 0.25) is 5.04 Å². The Morgan fingerprint density at radius 2 is 1.59 bits per heavy atom. The Morgan fingerprint density at radius 3 is 2.20 bits per heavy atom. The third-order valence-electron chi connectivity index (χ3n) is 8.35. The molecular weight excluding hydrogens is 528 g/mol. The second-order valence-corrected chi connectivity index (χ2v) is 16.2. The number of nitrogens with zero attached hydrogens (tertiary/aromatic N) is 2. The summed E-state index contributed by atoms with van der Waals surface area (Å²) in [6, 6.07) is 25.2. The second-order valence-electron chi connectivity index (χ2n) is 11.9. The van der Waals surface area contributed by atoms with Gasteiger partial charge in [-0.05, 0) is 40.4 Å². The summed E-state index contributed by atoms with van der Waals surface area (Å²) >= 11 is 0. The van der Waals surface area contributed by atoms with Crippen LogP contribution in [0.5, 0.6) is 5.88 Å². The van der Waals surface area contributed by atoms with Crippen molar-refractivity contribution in [3.05, 3.63) is 90.9 Å². The predicted molar refractivity (Wildman–Crippen MR) is 169 cm³/mol. The van der Waals surface area contributed by atoms with Crippen LogP contribution in [0.15, 0.2) is 95.9 Å². The Hall–Kier alpha value is -3.66. The van der Waals surface area contributed by atoms with Crippen molar-refractivity contribution in [3.8, 4) is 5.88 Å². The van der Waals surface area contributed by atoms with Crippen LogP contribution in [0.1, 0.15) is 46.5 Å². The number of guanidine groups is 1. The molecule has 1 aliphatic carbocycles. The van der Waals surface area contributed by atoms with Gasteiger partial charge in [0, 0.05) is 18.3 Å². The number of pyridine rings is 1. The van der Waals surface area contributed by atoms with E-state index in [9.17, 15) is 0 Å². The first kappa shape index (κ1) is 28.9. The quantitative estimate of drug-likeness (QED) is 0.316. The van der Waals surface area contributed by atoms with Gasteiger partial charge in [0.25, 0.3) is 8.32 Å². The van der Waals surface area contributed by atoms with Gasteiger partial charge in [-0.1, -0.05) is 94.3 Å². The number of anilines is 1. The number of nitrogens with one attached hydrogen (secondary N) is 2. The van der Waals surface area contributed by atoms with E-state index in [2.05, 4.69) is 97.1 Å². The molecular formula is C32H42N6O2Si. The molecule has 1 fully saturated rings. The molecule has 1 aromatic heterocycles. The van der Waals surface area contributed by atoms with Gasteiger partial charge in [-0.25, -0.2) is 9.98 Å². The van der Waals surface area contributed by atoms with Crippen molar-refractivity contribution in [3.63, 3.8) is 0 Å². The van der Waals surface area contributed by atoms with Crippen LogP contribution in [0, 0.1) is 5.92 Å². The summed E-state index contributed by atoms with van der Waals surface area (Å²) in [5.74, 6) is 0.833. The molecule has 2 aliphatic rings. The van der Waals surface area contributed by atoms with Crippen LogP contribution in [-0.4, -0.2) is 38.1 Å². The van der Waals surface area contributed by atoms with E-state index in [0.717, 1.165) is 25.7 Å². The van der Waals surface area contributed by atoms with Gasteiger partial charge < -0.3 is 31.3 Å². The Balaban J connectivity index is 1.56. The third kappa shape index (κ3) is 5.49. The number of ether oxygens (including phenoxy) is 1. The minimum Gasteiger partial charge on any atom is -0.480 e. The van der Waals surface area contributed by atoms with Gasteiger partial charge in [-0.2, -0.15) is 0 Å². The summed E-state index contributed by atoms with van der Waals surface area (Å²) < 4.78 is 13.0. The molecule has 1 aliphatic heterocycles. The maximum atomic E-state index is 7.62. The molecule has 0 bridgehead atoms. The average molecular weight is 571 g/mol. The Labute approximate surface area is 244 Å². The zero-order valence-corrected chi connectivity index (χ0v) is 25.4. The van der Waals surface area contributed by atoms with Gasteiger partial charge in [-0.3, -0.25) is 0 Å². The molecule has 0 radical (unpaired) electrons. The number of hydrogen-bond donors (Lipinski definition) is 4. The van der Waals surface area contributed by atoms with Gasteiger partial charge in [0.2, 0.25) is 11.8 Å². The minimum atomic E-state index is -2.81. The van der Waals surface area contributed by atoms with E-state index < -0.39 is 14.0 Å². The summed E-state index contributed by atoms with van der Waals surface area (Å²) in [5.41, 5.74) is 13.9. The molecule has 9 heteroatoms. The van der Waals surface area contributed by atoms with Gasteiger partial charge in [0.05, 0.1) is 18.9 Å². The smallest absolute Gasteiger partial charge is 0.261 e. The number of aromatic nitrogens is 1. The second kappa shape index (κ2) is 11.7. The molecule has 1 saturated carbocycles. The molecule has 8 nitrogen and oxygen atoms in total. The standard InChI is InChI=1S/C32H42N6O2Si/c1-31(2,3)41(23-14-7-5-8-15-23,24-16-9-6-10-17-24)40-27-20-12-11-18-25(27)32(34)28(33)22-36-30(38-32)37-26-19-13-21-35-29(26)39-4/h5-10,13-17,19,21-22,25,27H,11-12,18,20,33-34H2,1-4H3,(H2,36,37,38)/t25-,27-,32?/m1/s1. The van der Waals surface area contributed by atoms with Crippen LogP contribution in [0.25, 0.3) is 0 Å². The van der Waals surface area contributed by atoms with E-state index in [1.165, 1.54) is 10.4 Å². The molecule has 2 aromatic carbocycles. The van der Waals surface area contributed by atoms with Crippen molar-refractivity contribution in [2.75, 3.05) is 12.4 Å². The topological polar surface area (TPSA) is 120 Å². The Kier molecular flexibility index (Phi) is 8.22. The van der Waals surface area contributed by atoms with E-state index in [1.54, 1.807) is 19.5 Å². The zero-order valence-electron chi connectivity index (χ0n) is 24.4. The van der Waals surface area contributed by atoms with E-state index in [1.807, 2.05) is 12.1 Å². The summed E-state index contributed by atoms with van der Waals surface area (Å²) in [5, 5.41) is 8.80. The van der Waals surface area contributed by atoms with Gasteiger partial charge in [0.15, 0.2) is 5.66 Å². The lowest BCUT2D eigenvalue weighted by molar-refractivity contribution is 0.0480. The van der Waals surface area contributed by atoms with Crippen molar-refractivity contribution in [2.24, 2.45) is 22.4 Å². The highest BCUT2D eigenvalue weighted by Gasteiger charge is 2.54. The number of nitrogens with two attached hydrogens (primary N) is 2. The van der Waals surface area contributed by atoms with E-state index in [-0.39, 0.29) is 17.1 Å². The highest BCUT2D eigenvalue weighted by Crippen LogP contribution is 2.43. The first-order valence-electron chi connectivity index (χ1n) is 14.4. The number of rotatable bonds is 7. The highest BCUT2D eigenvalue weighted by atomic mass is 28.4. The minimum absolute atomic E-state index is 0.121. The van der Waals surface area contributed by atoms with Crippen molar-refractivity contribution in [1.29, 1.82) is 0 Å². The summed E-state index contributed by atoms with van der Waals surface area (Å²) in [6.07, 6.45) is 7.15. The van der Waals surface area contributed by atoms with E-state index >= 15 is 0 Å². The van der Waals surface area contributed by atoms with Crippen molar-refractivity contribution >= 4 is 30.3 Å². The number of methoxy groups -OCH3 is 1. The molecule has 3 atom stereocenters. The van der Waals surface area contributed by atoms with Crippen LogP contribution >= 0.6 is 0 Å². The maximum Gasteiger partial charge on any atom is 0.261 e. The van der Waals surface area contributed by atoms with Crippen molar-refractivity contribution in [1.82, 2.24) is 10.3 Å². The van der Waals surface area contributed by atoms with Crippen molar-refractivity contribution in [2.45, 2.75) is 63.3 Å². The fraction of sp³-hybridized carbons (Fsp3) is 0.375. The van der Waals surface area contributed by atoms with Crippen LogP contribution < -0.4 is 37.2 Å². The predicted octanol–water partition coefficient (Wildman–Crippen LogP) is 4.05. The zero-order chi connectivity index (χ0) is 29.1. The third-order valence-corrected chi connectivity index (χ3v) is 13.4. The molecule has 41 heavy (non-hydrogen) atoms. The SMILES string of the molecule is COc1ncccc1NC1=NC(N)([C@@H]2CCCC[C@H]2O[Si](c2ccccc2)(c2ccccc2)C(C)(C)C)C(N)=CN1. The average Bonchev–Trinajstić information content (AvgIpc) is 2.98. The lowest BCUT2D eigenvalue weighted by Gasteiger charge is -2.50. The summed E-state index contributed by atoms with van der Waals surface area (Å²) in [7, 11) is -1.22. The van der Waals surface area contributed by atoms with Crippen LogP contribution in [-0.2, 0) is 4.43 Å². The summed E-state index contributed by atoms with van der Waals surface area (Å²) in [6.45, 7) is 6.90. The first-order chi connectivity index (χ1) is 19.7. The Morgan fingerprint density at radius 1 is 0.951 bits per heavy atom. The molecule has 3 aromatic rings. The monoisotopic (exact) mass is 570 g/mol. The lowest BCUT2D eigenvalue weighted by atomic mass is 9.76. The fourth-order valence-electron chi connectivity index (χ4n) is 6.34. The fourth-order valence-corrected chi connectivity index (χ4v) is 11.1.